The zero-order chi connectivity index (χ0) is 20.3. The smallest absolute Gasteiger partial charge is 0.334 e. The number of hydrogen-bond acceptors (Lipinski definition) is 5. The van der Waals surface area contributed by atoms with Crippen molar-refractivity contribution in [2.45, 2.75) is 6.17 Å². The Balaban J connectivity index is 1.99. The minimum Gasteiger partial charge on any atom is -0.467 e. The monoisotopic (exact) mass is 422 g/mol. The number of carbonyl (C=O) groups excluding carboxylic acids is 3. The van der Waals surface area contributed by atoms with Gasteiger partial charge in [-0.05, 0) is 24.3 Å². The van der Waals surface area contributed by atoms with Gasteiger partial charge < -0.3 is 9.64 Å². The number of methoxy groups -OCH3 is 1. The predicted molar refractivity (Wildman–Crippen MR) is 101 cm³/mol. The third-order valence-electron chi connectivity index (χ3n) is 4.14. The highest BCUT2D eigenvalue weighted by atomic mass is 35.5. The number of rotatable bonds is 5. The fourth-order valence-electron chi connectivity index (χ4n) is 2.82. The third kappa shape index (κ3) is 4.11. The van der Waals surface area contributed by atoms with Crippen molar-refractivity contribution in [3.05, 3.63) is 69.7 Å². The van der Waals surface area contributed by atoms with Gasteiger partial charge in [-0.15, -0.1) is 0 Å². The molecule has 1 atom stereocenters. The molecule has 1 heterocycles. The molecule has 3 rings (SSSR count). The lowest BCUT2D eigenvalue weighted by Crippen LogP contribution is -2.36. The van der Waals surface area contributed by atoms with Crippen molar-refractivity contribution < 1.29 is 24.0 Å². The Bertz CT molecular complexity index is 906. The molecule has 2 aromatic rings. The molecule has 0 N–H and O–H groups in total. The van der Waals surface area contributed by atoms with Crippen LogP contribution in [0.1, 0.15) is 22.1 Å². The highest BCUT2D eigenvalue weighted by Gasteiger charge is 2.44. The maximum Gasteiger partial charge on any atom is 0.334 e. The SMILES string of the molecule is COC(=O)CON1C(=O)CN(C(=O)c2ccccc2)[C@H]1c1ccc(Cl)cc1Cl. The number of benzene rings is 2. The first kappa shape index (κ1) is 20.1. The number of ether oxygens (including phenoxy) is 1. The highest BCUT2D eigenvalue weighted by Crippen LogP contribution is 2.37. The van der Waals surface area contributed by atoms with Crippen molar-refractivity contribution >= 4 is 41.0 Å². The van der Waals surface area contributed by atoms with Gasteiger partial charge in [-0.2, -0.15) is 5.06 Å². The van der Waals surface area contributed by atoms with Gasteiger partial charge in [0.15, 0.2) is 12.8 Å². The van der Waals surface area contributed by atoms with E-state index in [0.717, 1.165) is 5.06 Å². The van der Waals surface area contributed by atoms with E-state index in [1.807, 2.05) is 0 Å². The first-order valence-corrected chi connectivity index (χ1v) is 9.00. The minimum absolute atomic E-state index is 0.238. The molecule has 1 saturated heterocycles. The van der Waals surface area contributed by atoms with Crippen molar-refractivity contribution in [3.8, 4) is 0 Å². The van der Waals surface area contributed by atoms with Crippen LogP contribution in [0.2, 0.25) is 10.0 Å². The van der Waals surface area contributed by atoms with Gasteiger partial charge in [0.25, 0.3) is 11.8 Å². The van der Waals surface area contributed by atoms with Crippen LogP contribution in [-0.4, -0.2) is 48.0 Å². The van der Waals surface area contributed by atoms with Gasteiger partial charge in [-0.1, -0.05) is 47.5 Å². The van der Waals surface area contributed by atoms with Crippen LogP contribution in [0, 0.1) is 0 Å². The fraction of sp³-hybridized carbons (Fsp3) is 0.211. The summed E-state index contributed by atoms with van der Waals surface area (Å²) >= 11 is 12.3. The van der Waals surface area contributed by atoms with Crippen LogP contribution < -0.4 is 0 Å². The van der Waals surface area contributed by atoms with Crippen LogP contribution >= 0.6 is 23.2 Å². The average Bonchev–Trinajstić information content (AvgIpc) is 3.02. The van der Waals surface area contributed by atoms with Gasteiger partial charge in [0.2, 0.25) is 0 Å². The summed E-state index contributed by atoms with van der Waals surface area (Å²) in [5.41, 5.74) is 0.839. The summed E-state index contributed by atoms with van der Waals surface area (Å²) in [4.78, 5) is 43.7. The van der Waals surface area contributed by atoms with Crippen LogP contribution in [0.3, 0.4) is 0 Å². The van der Waals surface area contributed by atoms with Crippen molar-refractivity contribution in [1.29, 1.82) is 0 Å². The molecule has 7 nitrogen and oxygen atoms in total. The number of hydrogen-bond donors (Lipinski definition) is 0. The number of amides is 2. The molecule has 0 radical (unpaired) electrons. The summed E-state index contributed by atoms with van der Waals surface area (Å²) < 4.78 is 4.54. The predicted octanol–water partition coefficient (Wildman–Crippen LogP) is 3.08. The Kier molecular flexibility index (Phi) is 6.18. The molecule has 9 heteroatoms. The van der Waals surface area contributed by atoms with Crippen molar-refractivity contribution in [2.24, 2.45) is 0 Å². The average molecular weight is 423 g/mol. The number of esters is 1. The van der Waals surface area contributed by atoms with Crippen LogP contribution in [0.25, 0.3) is 0 Å². The van der Waals surface area contributed by atoms with E-state index in [1.54, 1.807) is 42.5 Å². The molecule has 1 fully saturated rings. The van der Waals surface area contributed by atoms with Gasteiger partial charge in [0.05, 0.1) is 7.11 Å². The quantitative estimate of drug-likeness (QED) is 0.691. The van der Waals surface area contributed by atoms with Crippen LogP contribution in [0.15, 0.2) is 48.5 Å². The number of nitrogens with zero attached hydrogens (tertiary/aromatic N) is 2. The largest absolute Gasteiger partial charge is 0.467 e. The molecule has 0 spiro atoms. The lowest BCUT2D eigenvalue weighted by Gasteiger charge is -2.29. The Hall–Kier alpha value is -2.61. The molecule has 0 bridgehead atoms. The molecular formula is C19H16Cl2N2O5. The van der Waals surface area contributed by atoms with Crippen molar-refractivity contribution in [3.63, 3.8) is 0 Å². The summed E-state index contributed by atoms with van der Waals surface area (Å²) in [5, 5.41) is 1.62. The van der Waals surface area contributed by atoms with Crippen molar-refractivity contribution in [2.75, 3.05) is 20.3 Å². The summed E-state index contributed by atoms with van der Waals surface area (Å²) in [6, 6.07) is 13.2. The van der Waals surface area contributed by atoms with E-state index in [-0.39, 0.29) is 17.5 Å². The number of hydroxylamine groups is 2. The van der Waals surface area contributed by atoms with E-state index >= 15 is 0 Å². The lowest BCUT2D eigenvalue weighted by atomic mass is 10.1. The number of halogens is 2. The van der Waals surface area contributed by atoms with Gasteiger partial charge in [-0.25, -0.2) is 4.79 Å². The van der Waals surface area contributed by atoms with E-state index in [1.165, 1.54) is 18.1 Å². The Morgan fingerprint density at radius 1 is 1.14 bits per heavy atom. The molecule has 1 aliphatic rings. The van der Waals surface area contributed by atoms with Crippen LogP contribution in [0.4, 0.5) is 0 Å². The van der Waals surface area contributed by atoms with Gasteiger partial charge in [0.1, 0.15) is 6.54 Å². The zero-order valence-electron chi connectivity index (χ0n) is 14.8. The van der Waals surface area contributed by atoms with Crippen LogP contribution in [-0.2, 0) is 19.2 Å². The Morgan fingerprint density at radius 3 is 2.50 bits per heavy atom. The molecule has 0 aromatic heterocycles. The molecule has 28 heavy (non-hydrogen) atoms. The summed E-state index contributed by atoms with van der Waals surface area (Å²) in [5.74, 6) is -1.54. The molecule has 0 aliphatic carbocycles. The maximum atomic E-state index is 13.0. The second kappa shape index (κ2) is 8.60. The fourth-order valence-corrected chi connectivity index (χ4v) is 3.33. The van der Waals surface area contributed by atoms with Gasteiger partial charge in [-0.3, -0.25) is 14.4 Å². The zero-order valence-corrected chi connectivity index (χ0v) is 16.3. The molecule has 2 aromatic carbocycles. The van der Waals surface area contributed by atoms with Gasteiger partial charge in [0, 0.05) is 21.2 Å². The standard InChI is InChI=1S/C19H16Cl2N2O5/c1-27-17(25)11-28-23-16(24)10-22(19(26)12-5-3-2-4-6-12)18(23)14-8-7-13(20)9-15(14)21/h2-9,18H,10-11H2,1H3/t18-/m1/s1. The molecule has 2 amide bonds. The summed E-state index contributed by atoms with van der Waals surface area (Å²) in [7, 11) is 1.20. The lowest BCUT2D eigenvalue weighted by molar-refractivity contribution is -0.202. The van der Waals surface area contributed by atoms with E-state index in [4.69, 9.17) is 28.0 Å². The summed E-state index contributed by atoms with van der Waals surface area (Å²) in [6.45, 7) is -0.726. The van der Waals surface area contributed by atoms with Crippen molar-refractivity contribution in [1.82, 2.24) is 9.96 Å². The molecule has 0 unspecified atom stereocenters. The molecule has 146 valence electrons. The first-order valence-electron chi connectivity index (χ1n) is 8.25. The topological polar surface area (TPSA) is 76.2 Å². The maximum absolute atomic E-state index is 13.0. The summed E-state index contributed by atoms with van der Waals surface area (Å²) in [6.07, 6.45) is -0.963. The van der Waals surface area contributed by atoms with E-state index < -0.39 is 24.6 Å². The van der Waals surface area contributed by atoms with Gasteiger partial charge >= 0.3 is 5.97 Å². The Labute approximate surface area is 171 Å². The normalized spacial score (nSPS) is 16.4. The second-order valence-corrected chi connectivity index (χ2v) is 6.75. The van der Waals surface area contributed by atoms with E-state index in [9.17, 15) is 14.4 Å². The third-order valence-corrected chi connectivity index (χ3v) is 4.70. The first-order chi connectivity index (χ1) is 13.4. The molecule has 0 saturated carbocycles. The van der Waals surface area contributed by atoms with E-state index in [0.29, 0.717) is 16.1 Å². The second-order valence-electron chi connectivity index (χ2n) is 5.91. The minimum atomic E-state index is -0.963. The van der Waals surface area contributed by atoms with Crippen LogP contribution in [0.5, 0.6) is 0 Å². The Morgan fingerprint density at radius 2 is 1.86 bits per heavy atom. The number of carbonyl (C=O) groups is 3. The highest BCUT2D eigenvalue weighted by molar-refractivity contribution is 6.35. The van der Waals surface area contributed by atoms with E-state index in [2.05, 4.69) is 4.74 Å². The molecule has 1 aliphatic heterocycles. The molecular weight excluding hydrogens is 407 g/mol.